The molecule has 1 aliphatic heterocycles. The Labute approximate surface area is 250 Å². The van der Waals surface area contributed by atoms with Gasteiger partial charge in [0, 0.05) is 10.8 Å². The summed E-state index contributed by atoms with van der Waals surface area (Å²) in [6, 6.07) is 48.9. The molecule has 1 aliphatic rings. The zero-order valence-electron chi connectivity index (χ0n) is 23.0. The molecular weight excluding hydrogens is 550 g/mol. The predicted molar refractivity (Wildman–Crippen MR) is 174 cm³/mol. The summed E-state index contributed by atoms with van der Waals surface area (Å²) in [5.74, 6) is 1.60. The fourth-order valence-corrected chi connectivity index (χ4v) is 7.42. The van der Waals surface area contributed by atoms with Crippen molar-refractivity contribution in [2.45, 2.75) is 9.79 Å². The van der Waals surface area contributed by atoms with Crippen molar-refractivity contribution in [3.63, 3.8) is 0 Å². The lowest BCUT2D eigenvalue weighted by molar-refractivity contribution is 0.477. The Morgan fingerprint density at radius 2 is 0.884 bits per heavy atom. The van der Waals surface area contributed by atoms with Gasteiger partial charge in [0.05, 0.1) is 26.9 Å². The number of hydrogen-bond donors (Lipinski definition) is 0. The van der Waals surface area contributed by atoms with Gasteiger partial charge in [-0.3, -0.25) is 0 Å². The molecule has 0 atom stereocenters. The Balaban J connectivity index is 1.39. The van der Waals surface area contributed by atoms with Crippen molar-refractivity contribution in [2.75, 3.05) is 4.90 Å². The van der Waals surface area contributed by atoms with E-state index in [4.69, 9.17) is 4.74 Å². The van der Waals surface area contributed by atoms with Gasteiger partial charge in [-0.2, -0.15) is 0 Å². The second-order valence-electron chi connectivity index (χ2n) is 10.5. The molecule has 0 radical (unpaired) electrons. The van der Waals surface area contributed by atoms with E-state index in [1.807, 2.05) is 54.6 Å². The van der Waals surface area contributed by atoms with Crippen molar-refractivity contribution in [3.8, 4) is 22.6 Å². The van der Waals surface area contributed by atoms with Gasteiger partial charge in [-0.1, -0.05) is 103 Å². The van der Waals surface area contributed by atoms with Crippen molar-refractivity contribution in [3.05, 3.63) is 152 Å². The second kappa shape index (κ2) is 9.86. The van der Waals surface area contributed by atoms with Gasteiger partial charge in [0.1, 0.15) is 0 Å². The Bertz CT molecular complexity index is 2180. The van der Waals surface area contributed by atoms with Gasteiger partial charge < -0.3 is 9.64 Å². The highest BCUT2D eigenvalue weighted by molar-refractivity contribution is 7.91. The van der Waals surface area contributed by atoms with Gasteiger partial charge in [-0.05, 0) is 70.4 Å². The molecule has 5 heteroatoms. The van der Waals surface area contributed by atoms with E-state index in [2.05, 4.69) is 65.6 Å². The Hall–Kier alpha value is -5.39. The standard InChI is InChI=1S/C38H25NO3S/c40-43(41,27-12-2-1-3-13-27)28-24-22-26(23-25-28)37-29-14-4-6-16-31(29)38(32-17-7-5-15-30(32)37)39-33-18-8-10-20-35(33)42-36-21-11-9-19-34(36)39/h1-25H. The first-order valence-electron chi connectivity index (χ1n) is 14.1. The van der Waals surface area contributed by atoms with Crippen molar-refractivity contribution in [1.29, 1.82) is 0 Å². The van der Waals surface area contributed by atoms with Crippen LogP contribution in [0.3, 0.4) is 0 Å². The second-order valence-corrected chi connectivity index (χ2v) is 12.5. The first kappa shape index (κ1) is 25.3. The van der Waals surface area contributed by atoms with Crippen LogP contribution >= 0.6 is 0 Å². The topological polar surface area (TPSA) is 46.6 Å². The molecule has 43 heavy (non-hydrogen) atoms. The highest BCUT2D eigenvalue weighted by Crippen LogP contribution is 2.54. The third-order valence-corrected chi connectivity index (χ3v) is 9.85. The number of sulfone groups is 1. The molecule has 0 spiro atoms. The maximum Gasteiger partial charge on any atom is 0.206 e. The summed E-state index contributed by atoms with van der Waals surface area (Å²) in [6.07, 6.45) is 0. The molecule has 7 aromatic carbocycles. The fourth-order valence-electron chi connectivity index (χ4n) is 6.14. The minimum atomic E-state index is -3.62. The van der Waals surface area contributed by atoms with Crippen LogP contribution < -0.4 is 9.64 Å². The largest absolute Gasteiger partial charge is 0.453 e. The average Bonchev–Trinajstić information content (AvgIpc) is 3.07. The molecule has 0 saturated carbocycles. The van der Waals surface area contributed by atoms with Crippen LogP contribution in [0, 0.1) is 0 Å². The van der Waals surface area contributed by atoms with Crippen LogP contribution in [0.5, 0.6) is 11.5 Å². The van der Waals surface area contributed by atoms with Gasteiger partial charge in [-0.15, -0.1) is 0 Å². The van der Waals surface area contributed by atoms with E-state index in [0.29, 0.717) is 0 Å². The van der Waals surface area contributed by atoms with Crippen LogP contribution in [0.25, 0.3) is 32.7 Å². The third kappa shape index (κ3) is 4.01. The Kier molecular flexibility index (Phi) is 5.81. The molecule has 206 valence electrons. The molecule has 0 amide bonds. The van der Waals surface area contributed by atoms with Crippen molar-refractivity contribution < 1.29 is 13.2 Å². The molecule has 0 aromatic heterocycles. The van der Waals surface area contributed by atoms with E-state index in [0.717, 1.165) is 61.2 Å². The van der Waals surface area contributed by atoms with Crippen LogP contribution in [-0.2, 0) is 9.84 Å². The Morgan fingerprint density at radius 3 is 1.44 bits per heavy atom. The van der Waals surface area contributed by atoms with E-state index in [1.54, 1.807) is 36.4 Å². The molecule has 8 rings (SSSR count). The number of anilines is 3. The molecule has 0 bridgehead atoms. The number of hydrogen-bond acceptors (Lipinski definition) is 4. The van der Waals surface area contributed by atoms with E-state index in [-0.39, 0.29) is 9.79 Å². The predicted octanol–water partition coefficient (Wildman–Crippen LogP) is 10.1. The number of benzene rings is 7. The summed E-state index contributed by atoms with van der Waals surface area (Å²) in [5, 5.41) is 4.33. The van der Waals surface area contributed by atoms with Gasteiger partial charge in [-0.25, -0.2) is 8.42 Å². The molecule has 0 saturated heterocycles. The quantitative estimate of drug-likeness (QED) is 0.196. The SMILES string of the molecule is O=S(=O)(c1ccccc1)c1ccc(-c2c3ccccc3c(N3c4ccccc4Oc4ccccc43)c3ccccc23)cc1. The Morgan fingerprint density at radius 1 is 0.442 bits per heavy atom. The van der Waals surface area contributed by atoms with Crippen LogP contribution in [0.2, 0.25) is 0 Å². The lowest BCUT2D eigenvalue weighted by Gasteiger charge is -2.34. The smallest absolute Gasteiger partial charge is 0.206 e. The highest BCUT2D eigenvalue weighted by atomic mass is 32.2. The molecular formula is C38H25NO3S. The summed E-state index contributed by atoms with van der Waals surface area (Å²) >= 11 is 0. The third-order valence-electron chi connectivity index (χ3n) is 8.07. The first-order chi connectivity index (χ1) is 21.1. The number of fused-ring (bicyclic) bond motifs is 4. The number of nitrogens with zero attached hydrogens (tertiary/aromatic N) is 1. The average molecular weight is 576 g/mol. The lowest BCUT2D eigenvalue weighted by atomic mass is 9.89. The number of para-hydroxylation sites is 4. The van der Waals surface area contributed by atoms with Gasteiger partial charge in [0.15, 0.2) is 11.5 Å². The monoisotopic (exact) mass is 575 g/mol. The minimum Gasteiger partial charge on any atom is -0.453 e. The number of ether oxygens (including phenoxy) is 1. The summed E-state index contributed by atoms with van der Waals surface area (Å²) in [5.41, 5.74) is 5.03. The van der Waals surface area contributed by atoms with Crippen LogP contribution in [-0.4, -0.2) is 8.42 Å². The van der Waals surface area contributed by atoms with E-state index >= 15 is 0 Å². The van der Waals surface area contributed by atoms with Gasteiger partial charge in [0.2, 0.25) is 9.84 Å². The normalized spacial score (nSPS) is 12.5. The molecule has 1 heterocycles. The highest BCUT2D eigenvalue weighted by Gasteiger charge is 2.29. The summed E-state index contributed by atoms with van der Waals surface area (Å²) < 4.78 is 32.9. The molecule has 7 aromatic rings. The van der Waals surface area contributed by atoms with Crippen molar-refractivity contribution in [2.24, 2.45) is 0 Å². The zero-order chi connectivity index (χ0) is 29.0. The summed E-state index contributed by atoms with van der Waals surface area (Å²) in [4.78, 5) is 2.86. The molecule has 0 N–H and O–H groups in total. The van der Waals surface area contributed by atoms with Crippen LogP contribution in [0.15, 0.2) is 161 Å². The van der Waals surface area contributed by atoms with E-state index in [9.17, 15) is 8.42 Å². The molecule has 0 unspecified atom stereocenters. The van der Waals surface area contributed by atoms with Gasteiger partial charge >= 0.3 is 0 Å². The first-order valence-corrected chi connectivity index (χ1v) is 15.6. The maximum absolute atomic E-state index is 13.3. The summed E-state index contributed by atoms with van der Waals surface area (Å²) in [7, 11) is -3.62. The van der Waals surface area contributed by atoms with Crippen LogP contribution in [0.4, 0.5) is 17.1 Å². The molecule has 0 aliphatic carbocycles. The van der Waals surface area contributed by atoms with Crippen molar-refractivity contribution in [1.82, 2.24) is 0 Å². The maximum atomic E-state index is 13.3. The van der Waals surface area contributed by atoms with E-state index < -0.39 is 9.84 Å². The van der Waals surface area contributed by atoms with Crippen molar-refractivity contribution >= 4 is 48.4 Å². The lowest BCUT2D eigenvalue weighted by Crippen LogP contribution is -2.16. The van der Waals surface area contributed by atoms with Gasteiger partial charge in [0.25, 0.3) is 0 Å². The fraction of sp³-hybridized carbons (Fsp3) is 0. The zero-order valence-corrected chi connectivity index (χ0v) is 23.8. The summed E-state index contributed by atoms with van der Waals surface area (Å²) in [6.45, 7) is 0. The number of rotatable bonds is 4. The van der Waals surface area contributed by atoms with Crippen LogP contribution in [0.1, 0.15) is 0 Å². The molecule has 4 nitrogen and oxygen atoms in total. The van der Waals surface area contributed by atoms with E-state index in [1.165, 1.54) is 0 Å². The minimum absolute atomic E-state index is 0.272. The molecule has 0 fully saturated rings.